The van der Waals surface area contributed by atoms with E-state index in [9.17, 15) is 4.79 Å². The summed E-state index contributed by atoms with van der Waals surface area (Å²) in [6.07, 6.45) is 3.95. The highest BCUT2D eigenvalue weighted by molar-refractivity contribution is 9.10. The highest BCUT2D eigenvalue weighted by Crippen LogP contribution is 2.38. The fourth-order valence-corrected chi connectivity index (χ4v) is 4.85. The molecule has 2 aliphatic rings. The fourth-order valence-electron chi connectivity index (χ4n) is 4.49. The van der Waals surface area contributed by atoms with Crippen LogP contribution in [0, 0.1) is 0 Å². The van der Waals surface area contributed by atoms with Crippen LogP contribution in [0.2, 0.25) is 0 Å². The Morgan fingerprint density at radius 2 is 1.69 bits per heavy atom. The van der Waals surface area contributed by atoms with Crippen molar-refractivity contribution in [3.8, 4) is 0 Å². The molecule has 5 rings (SSSR count). The Balaban J connectivity index is 1.48. The molecule has 3 aromatic rings. The van der Waals surface area contributed by atoms with Crippen molar-refractivity contribution < 1.29 is 4.79 Å². The third kappa shape index (κ3) is 4.50. The number of amides is 1. The number of fused-ring (bicyclic) bond motifs is 1. The van der Waals surface area contributed by atoms with E-state index in [0.717, 1.165) is 39.2 Å². The lowest BCUT2D eigenvalue weighted by Gasteiger charge is -2.26. The average Bonchev–Trinajstić information content (AvgIpc) is 3.14. The van der Waals surface area contributed by atoms with Crippen LogP contribution in [0.25, 0.3) is 11.3 Å². The molecule has 5 heteroatoms. The summed E-state index contributed by atoms with van der Waals surface area (Å²) in [4.78, 5) is 15.5. The van der Waals surface area contributed by atoms with Crippen LogP contribution < -0.4 is 10.6 Å². The van der Waals surface area contributed by atoms with Gasteiger partial charge >= 0.3 is 0 Å². The molecule has 4 nitrogen and oxygen atoms in total. The molecule has 1 fully saturated rings. The highest BCUT2D eigenvalue weighted by atomic mass is 79.9. The van der Waals surface area contributed by atoms with Gasteiger partial charge in [-0.2, -0.15) is 0 Å². The van der Waals surface area contributed by atoms with Gasteiger partial charge in [0.1, 0.15) is 0 Å². The standard InChI is InChI=1S/C27H26BrN3O/c28-21-11-14-24-23(17-21)25(27(32)30-24)26(20-7-3-1-4-8-20)29-22-12-9-19(10-13-22)18-31-15-5-2-6-16-31/h1,3-4,7-14,17,29H,2,5-6,15-16,18H2,(H,30,32)/b26-25-. The highest BCUT2D eigenvalue weighted by Gasteiger charge is 2.28. The van der Waals surface area contributed by atoms with Gasteiger partial charge in [0.15, 0.2) is 0 Å². The Morgan fingerprint density at radius 1 is 0.938 bits per heavy atom. The molecule has 0 unspecified atom stereocenters. The van der Waals surface area contributed by atoms with Crippen molar-refractivity contribution in [2.24, 2.45) is 0 Å². The first-order chi connectivity index (χ1) is 15.7. The summed E-state index contributed by atoms with van der Waals surface area (Å²) in [5.41, 5.74) is 6.46. The predicted molar refractivity (Wildman–Crippen MR) is 135 cm³/mol. The van der Waals surface area contributed by atoms with E-state index in [1.165, 1.54) is 37.9 Å². The molecule has 1 amide bonds. The van der Waals surface area contributed by atoms with E-state index in [4.69, 9.17) is 0 Å². The number of carbonyl (C=O) groups excluding carboxylic acids is 1. The van der Waals surface area contributed by atoms with Crippen molar-refractivity contribution >= 4 is 44.5 Å². The summed E-state index contributed by atoms with van der Waals surface area (Å²) in [5, 5.41) is 6.55. The van der Waals surface area contributed by atoms with Crippen molar-refractivity contribution in [1.82, 2.24) is 4.90 Å². The minimum absolute atomic E-state index is 0.0915. The number of anilines is 2. The van der Waals surface area contributed by atoms with Gasteiger partial charge in [-0.3, -0.25) is 9.69 Å². The molecule has 1 saturated heterocycles. The monoisotopic (exact) mass is 487 g/mol. The predicted octanol–water partition coefficient (Wildman–Crippen LogP) is 6.37. The Kier molecular flexibility index (Phi) is 6.10. The van der Waals surface area contributed by atoms with Gasteiger partial charge in [-0.1, -0.05) is 64.8 Å². The maximum atomic E-state index is 13.0. The second kappa shape index (κ2) is 9.31. The number of likely N-dealkylation sites (tertiary alicyclic amines) is 1. The number of nitrogens with zero attached hydrogens (tertiary/aromatic N) is 1. The first-order valence-electron chi connectivity index (χ1n) is 11.2. The lowest BCUT2D eigenvalue weighted by molar-refractivity contribution is -0.110. The molecule has 2 N–H and O–H groups in total. The van der Waals surface area contributed by atoms with Gasteiger partial charge in [-0.05, 0) is 67.4 Å². The van der Waals surface area contributed by atoms with Crippen molar-refractivity contribution in [2.75, 3.05) is 23.7 Å². The van der Waals surface area contributed by atoms with Crippen molar-refractivity contribution in [2.45, 2.75) is 25.8 Å². The Bertz CT molecular complexity index is 1150. The zero-order chi connectivity index (χ0) is 21.9. The van der Waals surface area contributed by atoms with E-state index in [2.05, 4.69) is 55.7 Å². The normalized spacial score (nSPS) is 17.6. The van der Waals surface area contributed by atoms with Crippen molar-refractivity contribution in [1.29, 1.82) is 0 Å². The molecule has 2 aliphatic heterocycles. The third-order valence-electron chi connectivity index (χ3n) is 6.12. The Morgan fingerprint density at radius 3 is 2.44 bits per heavy atom. The number of piperidine rings is 1. The molecular weight excluding hydrogens is 462 g/mol. The van der Waals surface area contributed by atoms with Gasteiger partial charge in [-0.15, -0.1) is 0 Å². The number of hydrogen-bond acceptors (Lipinski definition) is 3. The van der Waals surface area contributed by atoms with E-state index < -0.39 is 0 Å². The Labute approximate surface area is 197 Å². The molecule has 0 atom stereocenters. The lowest BCUT2D eigenvalue weighted by atomic mass is 10.00. The van der Waals surface area contributed by atoms with Crippen LogP contribution in [-0.4, -0.2) is 23.9 Å². The van der Waals surface area contributed by atoms with E-state index in [1.807, 2.05) is 48.5 Å². The summed E-state index contributed by atoms with van der Waals surface area (Å²) in [6, 6.07) is 24.5. The number of nitrogens with one attached hydrogen (secondary N) is 2. The van der Waals surface area contributed by atoms with Crippen molar-refractivity contribution in [3.63, 3.8) is 0 Å². The van der Waals surface area contributed by atoms with Crippen molar-refractivity contribution in [3.05, 3.63) is 94.0 Å². The van der Waals surface area contributed by atoms with Gasteiger partial charge in [0.05, 0.1) is 11.3 Å². The minimum Gasteiger partial charge on any atom is -0.354 e. The van der Waals surface area contributed by atoms with Gasteiger partial charge < -0.3 is 10.6 Å². The SMILES string of the molecule is O=C1Nc2ccc(Br)cc2/C1=C(/Nc1ccc(CN2CCCCC2)cc1)c1ccccc1. The third-order valence-corrected chi connectivity index (χ3v) is 6.61. The summed E-state index contributed by atoms with van der Waals surface area (Å²) in [5.74, 6) is -0.0915. The molecular formula is C27H26BrN3O. The molecule has 3 aromatic carbocycles. The largest absolute Gasteiger partial charge is 0.354 e. The van der Waals surface area contributed by atoms with Crippen LogP contribution in [0.1, 0.15) is 36.0 Å². The van der Waals surface area contributed by atoms with Gasteiger partial charge in [0.25, 0.3) is 5.91 Å². The molecule has 0 spiro atoms. The van der Waals surface area contributed by atoms with Gasteiger partial charge in [0.2, 0.25) is 0 Å². The zero-order valence-corrected chi connectivity index (χ0v) is 19.5. The number of hydrogen-bond donors (Lipinski definition) is 2. The summed E-state index contributed by atoms with van der Waals surface area (Å²) in [6.45, 7) is 3.37. The smallest absolute Gasteiger partial charge is 0.258 e. The van der Waals surface area contributed by atoms with E-state index >= 15 is 0 Å². The molecule has 162 valence electrons. The van der Waals surface area contributed by atoms with E-state index in [0.29, 0.717) is 5.57 Å². The van der Waals surface area contributed by atoms with Crippen LogP contribution in [0.15, 0.2) is 77.3 Å². The van der Waals surface area contributed by atoms with Crippen LogP contribution in [0.3, 0.4) is 0 Å². The number of halogens is 1. The quantitative estimate of drug-likeness (QED) is 0.411. The minimum atomic E-state index is -0.0915. The fraction of sp³-hybridized carbons (Fsp3) is 0.222. The second-order valence-electron chi connectivity index (χ2n) is 8.42. The maximum absolute atomic E-state index is 13.0. The number of benzene rings is 3. The zero-order valence-electron chi connectivity index (χ0n) is 17.9. The molecule has 0 aliphatic carbocycles. The van der Waals surface area contributed by atoms with Gasteiger partial charge in [0, 0.05) is 28.0 Å². The Hall–Kier alpha value is -2.89. The van der Waals surface area contributed by atoms with E-state index in [-0.39, 0.29) is 5.91 Å². The van der Waals surface area contributed by atoms with Crippen LogP contribution in [0.4, 0.5) is 11.4 Å². The first-order valence-corrected chi connectivity index (χ1v) is 12.0. The summed E-state index contributed by atoms with van der Waals surface area (Å²) >= 11 is 3.55. The lowest BCUT2D eigenvalue weighted by Crippen LogP contribution is -2.29. The summed E-state index contributed by atoms with van der Waals surface area (Å²) < 4.78 is 0.944. The molecule has 0 radical (unpaired) electrons. The summed E-state index contributed by atoms with van der Waals surface area (Å²) in [7, 11) is 0. The average molecular weight is 488 g/mol. The van der Waals surface area contributed by atoms with Crippen LogP contribution in [0.5, 0.6) is 0 Å². The maximum Gasteiger partial charge on any atom is 0.258 e. The van der Waals surface area contributed by atoms with Crippen LogP contribution >= 0.6 is 15.9 Å². The number of carbonyl (C=O) groups is 1. The number of rotatable bonds is 5. The molecule has 0 aromatic heterocycles. The van der Waals surface area contributed by atoms with E-state index in [1.54, 1.807) is 0 Å². The van der Waals surface area contributed by atoms with Crippen LogP contribution in [-0.2, 0) is 11.3 Å². The first kappa shape index (κ1) is 21.0. The molecule has 2 heterocycles. The molecule has 32 heavy (non-hydrogen) atoms. The van der Waals surface area contributed by atoms with Gasteiger partial charge in [-0.25, -0.2) is 0 Å². The topological polar surface area (TPSA) is 44.4 Å². The molecule has 0 saturated carbocycles. The second-order valence-corrected chi connectivity index (χ2v) is 9.33. The molecule has 0 bridgehead atoms.